The molecule has 2 aromatic heterocycles. The summed E-state index contributed by atoms with van der Waals surface area (Å²) in [4.78, 5) is 30.1. The fourth-order valence-electron chi connectivity index (χ4n) is 3.37. The third-order valence-corrected chi connectivity index (χ3v) is 4.92. The second-order valence-corrected chi connectivity index (χ2v) is 6.85. The molecule has 4 rings (SSSR count). The van der Waals surface area contributed by atoms with Gasteiger partial charge in [-0.3, -0.25) is 14.6 Å². The lowest BCUT2D eigenvalue weighted by atomic mass is 10.1. The van der Waals surface area contributed by atoms with Crippen molar-refractivity contribution in [3.05, 3.63) is 112 Å². The van der Waals surface area contributed by atoms with Gasteiger partial charge in [-0.1, -0.05) is 48.5 Å². The molecular formula is C24H21N3O2. The van der Waals surface area contributed by atoms with Gasteiger partial charge < -0.3 is 9.88 Å². The van der Waals surface area contributed by atoms with E-state index in [4.69, 9.17) is 0 Å². The molecule has 2 heterocycles. The van der Waals surface area contributed by atoms with Crippen molar-refractivity contribution >= 4 is 16.7 Å². The second-order valence-electron chi connectivity index (χ2n) is 6.85. The van der Waals surface area contributed by atoms with E-state index in [9.17, 15) is 9.59 Å². The SMILES string of the molecule is O=C(NCc1ccncc1)c1cc2ccccc2c(=O)n1CCc1ccccc1. The van der Waals surface area contributed by atoms with Gasteiger partial charge in [-0.15, -0.1) is 0 Å². The van der Waals surface area contributed by atoms with Gasteiger partial charge in [-0.25, -0.2) is 0 Å². The van der Waals surface area contributed by atoms with Gasteiger partial charge in [0, 0.05) is 30.9 Å². The molecule has 1 N–H and O–H groups in total. The van der Waals surface area contributed by atoms with E-state index in [2.05, 4.69) is 10.3 Å². The van der Waals surface area contributed by atoms with Crippen molar-refractivity contribution in [1.29, 1.82) is 0 Å². The van der Waals surface area contributed by atoms with Gasteiger partial charge in [0.1, 0.15) is 5.69 Å². The number of pyridine rings is 2. The first-order valence-corrected chi connectivity index (χ1v) is 9.56. The smallest absolute Gasteiger partial charge is 0.268 e. The van der Waals surface area contributed by atoms with Crippen molar-refractivity contribution < 1.29 is 4.79 Å². The number of nitrogens with zero attached hydrogens (tertiary/aromatic N) is 2. The minimum Gasteiger partial charge on any atom is -0.347 e. The summed E-state index contributed by atoms with van der Waals surface area (Å²) in [5.74, 6) is -0.266. The number of carbonyl (C=O) groups is 1. The first-order valence-electron chi connectivity index (χ1n) is 9.56. The van der Waals surface area contributed by atoms with E-state index >= 15 is 0 Å². The minimum atomic E-state index is -0.266. The summed E-state index contributed by atoms with van der Waals surface area (Å²) >= 11 is 0. The van der Waals surface area contributed by atoms with Gasteiger partial charge in [0.15, 0.2) is 0 Å². The Kier molecular flexibility index (Phi) is 5.47. The van der Waals surface area contributed by atoms with E-state index in [1.54, 1.807) is 29.1 Å². The molecule has 0 atom stereocenters. The number of amides is 1. The van der Waals surface area contributed by atoms with Crippen molar-refractivity contribution in [2.24, 2.45) is 0 Å². The number of rotatable bonds is 6. The minimum absolute atomic E-state index is 0.145. The summed E-state index contributed by atoms with van der Waals surface area (Å²) in [5, 5.41) is 4.30. The number of fused-ring (bicyclic) bond motifs is 1. The van der Waals surface area contributed by atoms with Crippen molar-refractivity contribution in [3.63, 3.8) is 0 Å². The summed E-state index contributed by atoms with van der Waals surface area (Å²) in [7, 11) is 0. The van der Waals surface area contributed by atoms with E-state index in [-0.39, 0.29) is 11.5 Å². The zero-order valence-electron chi connectivity index (χ0n) is 15.9. The number of carbonyl (C=O) groups excluding carboxylic acids is 1. The summed E-state index contributed by atoms with van der Waals surface area (Å²) in [6.45, 7) is 0.812. The van der Waals surface area contributed by atoms with Crippen LogP contribution in [0.1, 0.15) is 21.6 Å². The van der Waals surface area contributed by atoms with Crippen LogP contribution in [-0.4, -0.2) is 15.5 Å². The zero-order valence-corrected chi connectivity index (χ0v) is 15.9. The Morgan fingerprint density at radius 2 is 1.62 bits per heavy atom. The maximum Gasteiger partial charge on any atom is 0.268 e. The molecule has 0 saturated heterocycles. The van der Waals surface area contributed by atoms with Crippen LogP contribution in [0, 0.1) is 0 Å². The zero-order chi connectivity index (χ0) is 20.1. The predicted octanol–water partition coefficient (Wildman–Crippen LogP) is 3.57. The maximum absolute atomic E-state index is 13.1. The van der Waals surface area contributed by atoms with Gasteiger partial charge in [0.25, 0.3) is 11.5 Å². The maximum atomic E-state index is 13.1. The Hall–Kier alpha value is -3.73. The second kappa shape index (κ2) is 8.52. The van der Waals surface area contributed by atoms with Crippen LogP contribution in [0.15, 0.2) is 90.0 Å². The highest BCUT2D eigenvalue weighted by atomic mass is 16.2. The van der Waals surface area contributed by atoms with Crippen molar-refractivity contribution in [3.8, 4) is 0 Å². The molecule has 2 aromatic carbocycles. The Morgan fingerprint density at radius 1 is 0.897 bits per heavy atom. The fraction of sp³-hybridized carbons (Fsp3) is 0.125. The molecule has 0 spiro atoms. The topological polar surface area (TPSA) is 64.0 Å². The molecule has 0 radical (unpaired) electrons. The molecule has 0 aliphatic carbocycles. The Bertz CT molecular complexity index is 1190. The fourth-order valence-corrected chi connectivity index (χ4v) is 3.37. The van der Waals surface area contributed by atoms with Crippen molar-refractivity contribution in [2.75, 3.05) is 0 Å². The van der Waals surface area contributed by atoms with Gasteiger partial charge in [-0.05, 0) is 47.2 Å². The molecule has 144 valence electrons. The molecular weight excluding hydrogens is 362 g/mol. The molecule has 4 aromatic rings. The van der Waals surface area contributed by atoms with Crippen LogP contribution >= 0.6 is 0 Å². The van der Waals surface area contributed by atoms with Crippen LogP contribution in [0.25, 0.3) is 10.8 Å². The summed E-state index contributed by atoms with van der Waals surface area (Å²) in [5.41, 5.74) is 2.30. The molecule has 0 bridgehead atoms. The quantitative estimate of drug-likeness (QED) is 0.554. The first kappa shape index (κ1) is 18.6. The van der Waals surface area contributed by atoms with E-state index in [1.807, 2.05) is 60.7 Å². The molecule has 0 aliphatic rings. The highest BCUT2D eigenvalue weighted by molar-refractivity contribution is 5.96. The third-order valence-electron chi connectivity index (χ3n) is 4.92. The van der Waals surface area contributed by atoms with Gasteiger partial charge >= 0.3 is 0 Å². The summed E-state index contributed by atoms with van der Waals surface area (Å²) < 4.78 is 1.58. The van der Waals surface area contributed by atoms with Crippen LogP contribution in [0.4, 0.5) is 0 Å². The lowest BCUT2D eigenvalue weighted by molar-refractivity contribution is 0.0940. The first-order chi connectivity index (χ1) is 14.2. The van der Waals surface area contributed by atoms with E-state index in [0.717, 1.165) is 16.5 Å². The highest BCUT2D eigenvalue weighted by Crippen LogP contribution is 2.13. The average molecular weight is 383 g/mol. The Morgan fingerprint density at radius 3 is 2.41 bits per heavy atom. The van der Waals surface area contributed by atoms with Crippen molar-refractivity contribution in [2.45, 2.75) is 19.5 Å². The summed E-state index contributed by atoms with van der Waals surface area (Å²) in [6.07, 6.45) is 4.05. The standard InChI is InChI=1S/C24H21N3O2/c28-23(26-17-19-10-13-25-14-11-19)22-16-20-8-4-5-9-21(20)24(29)27(22)15-12-18-6-2-1-3-7-18/h1-11,13-14,16H,12,15,17H2,(H,26,28). The van der Waals surface area contributed by atoms with E-state index < -0.39 is 0 Å². The number of benzene rings is 2. The van der Waals surface area contributed by atoms with Crippen LogP contribution in [-0.2, 0) is 19.5 Å². The summed E-state index contributed by atoms with van der Waals surface area (Å²) in [6, 6.07) is 22.8. The normalized spacial score (nSPS) is 10.8. The van der Waals surface area contributed by atoms with Crippen LogP contribution in [0.3, 0.4) is 0 Å². The molecule has 0 aliphatic heterocycles. The number of hydrogen-bond donors (Lipinski definition) is 1. The number of aryl methyl sites for hydroxylation is 1. The van der Waals surface area contributed by atoms with Crippen LogP contribution in [0.5, 0.6) is 0 Å². The van der Waals surface area contributed by atoms with Gasteiger partial charge in [0.2, 0.25) is 0 Å². The number of nitrogens with one attached hydrogen (secondary N) is 1. The van der Waals surface area contributed by atoms with Gasteiger partial charge in [-0.2, -0.15) is 0 Å². The Balaban J connectivity index is 1.66. The molecule has 1 amide bonds. The molecule has 0 unspecified atom stereocenters. The molecule has 5 heteroatoms. The van der Waals surface area contributed by atoms with Crippen molar-refractivity contribution in [1.82, 2.24) is 14.9 Å². The number of hydrogen-bond acceptors (Lipinski definition) is 3. The monoisotopic (exact) mass is 383 g/mol. The average Bonchev–Trinajstić information content (AvgIpc) is 2.78. The lowest BCUT2D eigenvalue weighted by Crippen LogP contribution is -2.32. The number of aromatic nitrogens is 2. The van der Waals surface area contributed by atoms with Crippen LogP contribution in [0.2, 0.25) is 0 Å². The van der Waals surface area contributed by atoms with Gasteiger partial charge in [0.05, 0.1) is 0 Å². The molecule has 29 heavy (non-hydrogen) atoms. The Labute approximate surface area is 168 Å². The third kappa shape index (κ3) is 4.24. The van der Waals surface area contributed by atoms with E-state index in [1.165, 1.54) is 0 Å². The lowest BCUT2D eigenvalue weighted by Gasteiger charge is -2.15. The van der Waals surface area contributed by atoms with Crippen LogP contribution < -0.4 is 10.9 Å². The van der Waals surface area contributed by atoms with E-state index in [0.29, 0.717) is 30.6 Å². The highest BCUT2D eigenvalue weighted by Gasteiger charge is 2.15. The predicted molar refractivity (Wildman–Crippen MR) is 114 cm³/mol. The largest absolute Gasteiger partial charge is 0.347 e. The molecule has 0 saturated carbocycles. The molecule has 5 nitrogen and oxygen atoms in total. The molecule has 0 fully saturated rings.